The Morgan fingerprint density at radius 3 is 2.58 bits per heavy atom. The van der Waals surface area contributed by atoms with Gasteiger partial charge in [-0.05, 0) is 55.6 Å². The van der Waals surface area contributed by atoms with E-state index in [1.807, 2.05) is 19.2 Å². The van der Waals surface area contributed by atoms with Crippen molar-refractivity contribution in [3.63, 3.8) is 0 Å². The molecule has 1 aromatic carbocycles. The molecule has 0 amide bonds. The molecular formula is C16H26N2O. The van der Waals surface area contributed by atoms with Gasteiger partial charge in [-0.15, -0.1) is 0 Å². The van der Waals surface area contributed by atoms with Crippen LogP contribution in [0.1, 0.15) is 20.3 Å². The van der Waals surface area contributed by atoms with Gasteiger partial charge < -0.3 is 15.0 Å². The zero-order valence-electron chi connectivity index (χ0n) is 12.6. The normalized spacial score (nSPS) is 22.3. The summed E-state index contributed by atoms with van der Waals surface area (Å²) in [5, 5.41) is 3.34. The lowest BCUT2D eigenvalue weighted by Gasteiger charge is -2.45. The second kappa shape index (κ2) is 5.83. The van der Waals surface area contributed by atoms with E-state index in [9.17, 15) is 0 Å². The minimum absolute atomic E-state index is 0.423. The summed E-state index contributed by atoms with van der Waals surface area (Å²) < 4.78 is 5.22. The molecule has 1 aromatic rings. The third-order valence-corrected chi connectivity index (χ3v) is 4.46. The molecule has 0 bridgehead atoms. The highest BCUT2D eigenvalue weighted by atomic mass is 16.5. The zero-order valence-corrected chi connectivity index (χ0v) is 12.6. The summed E-state index contributed by atoms with van der Waals surface area (Å²) in [4.78, 5) is 2.49. The molecule has 0 spiro atoms. The maximum Gasteiger partial charge on any atom is 0.119 e. The fourth-order valence-electron chi connectivity index (χ4n) is 2.85. The lowest BCUT2D eigenvalue weighted by atomic mass is 9.73. The molecule has 0 saturated carbocycles. The van der Waals surface area contributed by atoms with Crippen LogP contribution >= 0.6 is 0 Å². The fraction of sp³-hybridized carbons (Fsp3) is 0.625. The maximum absolute atomic E-state index is 5.22. The Hall–Kier alpha value is -1.22. The summed E-state index contributed by atoms with van der Waals surface area (Å²) in [6.07, 6.45) is 1.24. The van der Waals surface area contributed by atoms with E-state index in [1.54, 1.807) is 7.11 Å². The molecule has 1 heterocycles. The van der Waals surface area contributed by atoms with Crippen LogP contribution in [0.2, 0.25) is 0 Å². The third-order valence-electron chi connectivity index (χ3n) is 4.46. The molecule has 1 saturated heterocycles. The van der Waals surface area contributed by atoms with E-state index in [-0.39, 0.29) is 0 Å². The highest BCUT2D eigenvalue weighted by Gasteiger charge is 2.34. The van der Waals surface area contributed by atoms with E-state index in [2.05, 4.69) is 36.2 Å². The number of nitrogens with zero attached hydrogens (tertiary/aromatic N) is 1. The molecule has 106 valence electrons. The smallest absolute Gasteiger partial charge is 0.119 e. The van der Waals surface area contributed by atoms with Gasteiger partial charge in [0.25, 0.3) is 0 Å². The van der Waals surface area contributed by atoms with Gasteiger partial charge in [-0.2, -0.15) is 0 Å². The van der Waals surface area contributed by atoms with Crippen molar-refractivity contribution in [2.45, 2.75) is 20.3 Å². The Morgan fingerprint density at radius 1 is 1.32 bits per heavy atom. The minimum Gasteiger partial charge on any atom is -0.497 e. The van der Waals surface area contributed by atoms with Crippen LogP contribution in [0.5, 0.6) is 5.75 Å². The average Bonchev–Trinajstić information content (AvgIpc) is 2.41. The molecule has 0 aliphatic carbocycles. The first-order chi connectivity index (χ1) is 9.06. The number of piperidine rings is 1. The molecule has 1 fully saturated rings. The van der Waals surface area contributed by atoms with E-state index in [0.29, 0.717) is 11.3 Å². The predicted molar refractivity (Wildman–Crippen MR) is 81.0 cm³/mol. The number of methoxy groups -OCH3 is 1. The number of ether oxygens (including phenoxy) is 1. The SMILES string of the molecule is CNCC1CN(c2ccc(OC)cc2)CCC1(C)C. The first-order valence-corrected chi connectivity index (χ1v) is 7.10. The fourth-order valence-corrected chi connectivity index (χ4v) is 2.85. The molecule has 1 atom stereocenters. The molecule has 19 heavy (non-hydrogen) atoms. The molecule has 3 nitrogen and oxygen atoms in total. The summed E-state index contributed by atoms with van der Waals surface area (Å²) in [6.45, 7) is 8.13. The van der Waals surface area contributed by atoms with E-state index in [1.165, 1.54) is 12.1 Å². The van der Waals surface area contributed by atoms with Gasteiger partial charge in [0.05, 0.1) is 7.11 Å². The standard InChI is InChI=1S/C16H26N2O/c1-16(2)9-10-18(12-13(16)11-17-3)14-5-7-15(19-4)8-6-14/h5-8,13,17H,9-12H2,1-4H3. The van der Waals surface area contributed by atoms with Gasteiger partial charge in [-0.3, -0.25) is 0 Å². The number of benzene rings is 1. The first kappa shape index (κ1) is 14.2. The van der Waals surface area contributed by atoms with Gasteiger partial charge in [-0.25, -0.2) is 0 Å². The Morgan fingerprint density at radius 2 is 2.00 bits per heavy atom. The quantitative estimate of drug-likeness (QED) is 0.903. The van der Waals surface area contributed by atoms with Crippen LogP contribution in [-0.4, -0.2) is 33.8 Å². The van der Waals surface area contributed by atoms with Crippen molar-refractivity contribution in [3.8, 4) is 5.75 Å². The van der Waals surface area contributed by atoms with E-state index < -0.39 is 0 Å². The lowest BCUT2D eigenvalue weighted by Crippen LogP contribution is -2.48. The molecule has 1 aliphatic heterocycles. The van der Waals surface area contributed by atoms with Gasteiger partial charge in [0.15, 0.2) is 0 Å². The Kier molecular flexibility index (Phi) is 4.35. The number of anilines is 1. The van der Waals surface area contributed by atoms with Crippen LogP contribution in [-0.2, 0) is 0 Å². The van der Waals surface area contributed by atoms with Crippen molar-refractivity contribution >= 4 is 5.69 Å². The molecule has 0 radical (unpaired) electrons. The lowest BCUT2D eigenvalue weighted by molar-refractivity contribution is 0.169. The monoisotopic (exact) mass is 262 g/mol. The van der Waals surface area contributed by atoms with Crippen LogP contribution in [0, 0.1) is 11.3 Å². The number of rotatable bonds is 4. The molecule has 1 aliphatic rings. The summed E-state index contributed by atoms with van der Waals surface area (Å²) in [6, 6.07) is 8.41. The maximum atomic E-state index is 5.22. The molecule has 1 N–H and O–H groups in total. The molecule has 1 unspecified atom stereocenters. The largest absolute Gasteiger partial charge is 0.497 e. The van der Waals surface area contributed by atoms with Crippen molar-refractivity contribution in [2.75, 3.05) is 38.7 Å². The minimum atomic E-state index is 0.423. The molecular weight excluding hydrogens is 236 g/mol. The highest BCUT2D eigenvalue weighted by molar-refractivity contribution is 5.49. The molecule has 2 rings (SSSR count). The Balaban J connectivity index is 2.09. The van der Waals surface area contributed by atoms with Crippen LogP contribution in [0.25, 0.3) is 0 Å². The summed E-state index contributed by atoms with van der Waals surface area (Å²) in [5.41, 5.74) is 1.73. The van der Waals surface area contributed by atoms with Crippen molar-refractivity contribution in [1.29, 1.82) is 0 Å². The first-order valence-electron chi connectivity index (χ1n) is 7.10. The van der Waals surface area contributed by atoms with Gasteiger partial charge >= 0.3 is 0 Å². The van der Waals surface area contributed by atoms with Gasteiger partial charge in [0, 0.05) is 18.8 Å². The zero-order chi connectivity index (χ0) is 13.9. The predicted octanol–water partition coefficient (Wildman–Crippen LogP) is 2.77. The number of hydrogen-bond acceptors (Lipinski definition) is 3. The molecule has 3 heteroatoms. The van der Waals surface area contributed by atoms with Crippen LogP contribution in [0.3, 0.4) is 0 Å². The summed E-state index contributed by atoms with van der Waals surface area (Å²) in [7, 11) is 3.75. The second-order valence-electron chi connectivity index (χ2n) is 6.14. The van der Waals surface area contributed by atoms with Crippen LogP contribution in [0.4, 0.5) is 5.69 Å². The number of nitrogens with one attached hydrogen (secondary N) is 1. The van der Waals surface area contributed by atoms with E-state index in [4.69, 9.17) is 4.74 Å². The van der Waals surface area contributed by atoms with Crippen LogP contribution < -0.4 is 15.0 Å². The molecule has 0 aromatic heterocycles. The topological polar surface area (TPSA) is 24.5 Å². The Bertz CT molecular complexity index is 400. The third kappa shape index (κ3) is 3.21. The van der Waals surface area contributed by atoms with Gasteiger partial charge in [0.1, 0.15) is 5.75 Å². The average molecular weight is 262 g/mol. The van der Waals surface area contributed by atoms with E-state index in [0.717, 1.165) is 25.4 Å². The summed E-state index contributed by atoms with van der Waals surface area (Å²) >= 11 is 0. The van der Waals surface area contributed by atoms with Crippen LogP contribution in [0.15, 0.2) is 24.3 Å². The van der Waals surface area contributed by atoms with Crippen molar-refractivity contribution in [1.82, 2.24) is 5.32 Å². The second-order valence-corrected chi connectivity index (χ2v) is 6.14. The highest BCUT2D eigenvalue weighted by Crippen LogP contribution is 2.37. The van der Waals surface area contributed by atoms with Gasteiger partial charge in [-0.1, -0.05) is 13.8 Å². The van der Waals surface area contributed by atoms with E-state index >= 15 is 0 Å². The van der Waals surface area contributed by atoms with Crippen molar-refractivity contribution in [2.24, 2.45) is 11.3 Å². The van der Waals surface area contributed by atoms with Crippen molar-refractivity contribution in [3.05, 3.63) is 24.3 Å². The summed E-state index contributed by atoms with van der Waals surface area (Å²) in [5.74, 6) is 1.61. The van der Waals surface area contributed by atoms with Gasteiger partial charge in [0.2, 0.25) is 0 Å². The Labute approximate surface area is 116 Å². The number of hydrogen-bond donors (Lipinski definition) is 1. The van der Waals surface area contributed by atoms with Crippen molar-refractivity contribution < 1.29 is 4.74 Å².